The van der Waals surface area contributed by atoms with Gasteiger partial charge < -0.3 is 41.0 Å². The summed E-state index contributed by atoms with van der Waals surface area (Å²) in [6, 6.07) is 16.7. The number of anilines is 1. The van der Waals surface area contributed by atoms with Crippen molar-refractivity contribution in [2.24, 2.45) is 0 Å². The minimum atomic E-state index is -5.35. The number of hydrogen-bond acceptors (Lipinski definition) is 10. The summed E-state index contributed by atoms with van der Waals surface area (Å²) in [7, 11) is 0. The predicted octanol–water partition coefficient (Wildman–Crippen LogP) is 2.79. The van der Waals surface area contributed by atoms with Gasteiger partial charge in [-0.05, 0) is 24.5 Å². The van der Waals surface area contributed by atoms with Crippen LogP contribution in [0.4, 0.5) is 23.8 Å². The molecule has 53 heavy (non-hydrogen) atoms. The van der Waals surface area contributed by atoms with E-state index in [0.29, 0.717) is 6.54 Å². The SMILES string of the molecule is CCNC(=O)NCCNC(=O)c1nc(NCC(c2ccccc2)c2ccccc2)c2ncn([C@@H]3C[C@H](NC(=O)CC)[C@@H](OC(=O)C(F)(F)F)[C@H]3O)c2n1. The quantitative estimate of drug-likeness (QED) is 0.0825. The van der Waals surface area contributed by atoms with Gasteiger partial charge in [0.05, 0.1) is 18.4 Å². The number of aromatic nitrogens is 4. The van der Waals surface area contributed by atoms with Gasteiger partial charge in [-0.1, -0.05) is 67.6 Å². The molecule has 18 heteroatoms. The highest BCUT2D eigenvalue weighted by atomic mass is 19.4. The van der Waals surface area contributed by atoms with E-state index in [9.17, 15) is 37.5 Å². The van der Waals surface area contributed by atoms with Gasteiger partial charge in [0.15, 0.2) is 17.6 Å². The number of carbonyl (C=O) groups is 4. The van der Waals surface area contributed by atoms with Crippen molar-refractivity contribution >= 4 is 40.8 Å². The Labute approximate surface area is 302 Å². The van der Waals surface area contributed by atoms with Crippen LogP contribution in [0.25, 0.3) is 11.2 Å². The van der Waals surface area contributed by atoms with Crippen molar-refractivity contribution in [1.82, 2.24) is 40.8 Å². The summed E-state index contributed by atoms with van der Waals surface area (Å²) in [5.74, 6) is -4.09. The van der Waals surface area contributed by atoms with Crippen molar-refractivity contribution in [1.29, 1.82) is 0 Å². The molecule has 2 heterocycles. The molecule has 5 rings (SSSR count). The number of amides is 4. The Hall–Kier alpha value is -5.78. The van der Waals surface area contributed by atoms with Crippen LogP contribution < -0.4 is 26.6 Å². The Bertz CT molecular complexity index is 1860. The number of ether oxygens (including phenoxy) is 1. The molecule has 4 atom stereocenters. The summed E-state index contributed by atoms with van der Waals surface area (Å²) < 4.78 is 45.7. The fourth-order valence-electron chi connectivity index (χ4n) is 6.10. The normalized spacial score (nSPS) is 18.4. The number of aliphatic hydroxyl groups is 1. The summed E-state index contributed by atoms with van der Waals surface area (Å²) in [4.78, 5) is 62.7. The average molecular weight is 740 g/mol. The Morgan fingerprint density at radius 1 is 0.943 bits per heavy atom. The molecule has 0 spiro atoms. The van der Waals surface area contributed by atoms with E-state index in [0.717, 1.165) is 11.1 Å². The number of esters is 1. The zero-order valence-corrected chi connectivity index (χ0v) is 28.9. The van der Waals surface area contributed by atoms with Gasteiger partial charge in [0.25, 0.3) is 5.91 Å². The van der Waals surface area contributed by atoms with E-state index in [1.54, 1.807) is 6.92 Å². The topological polar surface area (TPSA) is 201 Å². The molecule has 4 aromatic rings. The summed E-state index contributed by atoms with van der Waals surface area (Å²) in [5, 5.41) is 25.0. The zero-order chi connectivity index (χ0) is 38.1. The second-order valence-corrected chi connectivity index (χ2v) is 12.2. The first-order chi connectivity index (χ1) is 25.4. The highest BCUT2D eigenvalue weighted by Crippen LogP contribution is 2.37. The molecule has 282 valence electrons. The first-order valence-corrected chi connectivity index (χ1v) is 17.0. The van der Waals surface area contributed by atoms with Crippen molar-refractivity contribution in [3.8, 4) is 0 Å². The van der Waals surface area contributed by atoms with Crippen LogP contribution in [0.15, 0.2) is 67.0 Å². The third-order valence-corrected chi connectivity index (χ3v) is 8.66. The van der Waals surface area contributed by atoms with E-state index in [1.807, 2.05) is 60.7 Å². The first kappa shape index (κ1) is 38.5. The number of nitrogens with zero attached hydrogens (tertiary/aromatic N) is 4. The number of carbonyl (C=O) groups excluding carboxylic acids is 4. The van der Waals surface area contributed by atoms with Gasteiger partial charge in [-0.15, -0.1) is 0 Å². The lowest BCUT2D eigenvalue weighted by atomic mass is 9.91. The van der Waals surface area contributed by atoms with E-state index in [-0.39, 0.29) is 61.2 Å². The second-order valence-electron chi connectivity index (χ2n) is 12.2. The number of rotatable bonds is 14. The molecule has 0 bridgehead atoms. The minimum absolute atomic E-state index is 0.0162. The van der Waals surface area contributed by atoms with Crippen molar-refractivity contribution in [2.75, 3.05) is 31.5 Å². The van der Waals surface area contributed by atoms with Crippen LogP contribution in [0.1, 0.15) is 60.4 Å². The molecular formula is C35H40F3N9O6. The van der Waals surface area contributed by atoms with Crippen molar-refractivity contribution in [3.05, 3.63) is 83.9 Å². The van der Waals surface area contributed by atoms with Crippen molar-refractivity contribution in [2.45, 2.75) is 63.1 Å². The van der Waals surface area contributed by atoms with Crippen molar-refractivity contribution < 1.29 is 42.2 Å². The number of halogens is 3. The van der Waals surface area contributed by atoms with E-state index in [4.69, 9.17) is 4.74 Å². The standard InChI is InChI=1S/C35H40F3N9O6/c1-3-25(48)44-23-17-24(27(49)28(23)53-33(51)35(36,37)38)47-19-43-26-29(42-18-22(20-11-7-5-8-12-20)21-13-9-6-10-14-21)45-30(46-31(26)47)32(50)40-15-16-41-34(52)39-4-2/h5-14,19,22-24,27-28,49H,3-4,15-18H2,1-2H3,(H,40,50)(H,44,48)(H2,39,41,52)(H,42,45,46)/t23-,24+,27-,28+/m0/s1. The molecule has 6 N–H and O–H groups in total. The van der Waals surface area contributed by atoms with Crippen LogP contribution in [-0.4, -0.2) is 99.0 Å². The molecule has 2 aromatic heterocycles. The maximum atomic E-state index is 13.4. The molecule has 1 fully saturated rings. The fraction of sp³-hybridized carbons (Fsp3) is 0.400. The number of nitrogens with one attached hydrogen (secondary N) is 5. The van der Waals surface area contributed by atoms with Crippen LogP contribution in [0.5, 0.6) is 0 Å². The largest absolute Gasteiger partial charge is 0.490 e. The third kappa shape index (κ3) is 9.37. The maximum absolute atomic E-state index is 13.4. The number of urea groups is 1. The van der Waals surface area contributed by atoms with Gasteiger partial charge in [0, 0.05) is 38.5 Å². The molecule has 0 aliphatic heterocycles. The zero-order valence-electron chi connectivity index (χ0n) is 28.9. The monoisotopic (exact) mass is 739 g/mol. The molecule has 1 aliphatic carbocycles. The van der Waals surface area contributed by atoms with Gasteiger partial charge in [0.1, 0.15) is 11.6 Å². The Kier molecular flexibility index (Phi) is 12.4. The molecule has 1 aliphatic rings. The van der Waals surface area contributed by atoms with E-state index < -0.39 is 54.3 Å². The van der Waals surface area contributed by atoms with E-state index >= 15 is 0 Å². The molecule has 15 nitrogen and oxygen atoms in total. The second kappa shape index (κ2) is 17.2. The van der Waals surface area contributed by atoms with Crippen LogP contribution in [-0.2, 0) is 14.3 Å². The Morgan fingerprint density at radius 3 is 2.19 bits per heavy atom. The summed E-state index contributed by atoms with van der Waals surface area (Å²) >= 11 is 0. The van der Waals surface area contributed by atoms with Crippen LogP contribution in [0, 0.1) is 0 Å². The van der Waals surface area contributed by atoms with E-state index in [1.165, 1.54) is 17.8 Å². The number of alkyl halides is 3. The maximum Gasteiger partial charge on any atom is 0.490 e. The lowest BCUT2D eigenvalue weighted by Crippen LogP contribution is -2.47. The van der Waals surface area contributed by atoms with Crippen molar-refractivity contribution in [3.63, 3.8) is 0 Å². The van der Waals surface area contributed by atoms with Crippen LogP contribution in [0.2, 0.25) is 0 Å². The molecule has 0 unspecified atom stereocenters. The number of imidazole rings is 1. The molecule has 2 aromatic carbocycles. The van der Waals surface area contributed by atoms with Crippen LogP contribution in [0.3, 0.4) is 0 Å². The van der Waals surface area contributed by atoms with Gasteiger partial charge in [0.2, 0.25) is 11.7 Å². The average Bonchev–Trinajstić information content (AvgIpc) is 3.70. The molecule has 1 saturated carbocycles. The Balaban J connectivity index is 1.50. The highest BCUT2D eigenvalue weighted by Gasteiger charge is 2.51. The summed E-state index contributed by atoms with van der Waals surface area (Å²) in [5.41, 5.74) is 2.20. The molecular weight excluding hydrogens is 699 g/mol. The molecule has 0 radical (unpaired) electrons. The predicted molar refractivity (Wildman–Crippen MR) is 186 cm³/mol. The van der Waals surface area contributed by atoms with Crippen LogP contribution >= 0.6 is 0 Å². The molecule has 4 amide bonds. The third-order valence-electron chi connectivity index (χ3n) is 8.66. The molecule has 0 saturated heterocycles. The highest BCUT2D eigenvalue weighted by molar-refractivity contribution is 5.94. The number of fused-ring (bicyclic) bond motifs is 1. The lowest BCUT2D eigenvalue weighted by molar-refractivity contribution is -0.209. The first-order valence-electron chi connectivity index (χ1n) is 17.0. The smallest absolute Gasteiger partial charge is 0.451 e. The summed E-state index contributed by atoms with van der Waals surface area (Å²) in [6.07, 6.45) is -7.75. The minimum Gasteiger partial charge on any atom is -0.451 e. The fourth-order valence-corrected chi connectivity index (χ4v) is 6.10. The van der Waals surface area contributed by atoms with Gasteiger partial charge in [-0.3, -0.25) is 9.59 Å². The van der Waals surface area contributed by atoms with Gasteiger partial charge in [-0.2, -0.15) is 13.2 Å². The van der Waals surface area contributed by atoms with Gasteiger partial charge in [-0.25, -0.2) is 24.5 Å². The van der Waals surface area contributed by atoms with E-state index in [2.05, 4.69) is 41.5 Å². The summed E-state index contributed by atoms with van der Waals surface area (Å²) in [6.45, 7) is 4.11. The lowest BCUT2D eigenvalue weighted by Gasteiger charge is -2.24. The Morgan fingerprint density at radius 2 is 1.58 bits per heavy atom. The van der Waals surface area contributed by atoms with Gasteiger partial charge >= 0.3 is 18.2 Å². The number of benzene rings is 2. The number of aliphatic hydroxyl groups excluding tert-OH is 1. The number of hydrogen-bond donors (Lipinski definition) is 6.